The first kappa shape index (κ1) is 29.0. The third-order valence-electron chi connectivity index (χ3n) is 3.20. The molecule has 0 aliphatic heterocycles. The largest absolute Gasteiger partial charge is 0.255 e. The number of quaternary nitrogens is 1. The average molecular weight is 448 g/mol. The Morgan fingerprint density at radius 1 is 0.767 bits per heavy atom. The molecule has 1 unspecified atom stereocenters. The molecule has 0 aromatic rings. The zero-order valence-corrected chi connectivity index (χ0v) is 17.9. The normalized spacial score (nSPS) is 14.8. The van der Waals surface area contributed by atoms with Gasteiger partial charge in [-0.15, -0.1) is 33.1 Å². The van der Waals surface area contributed by atoms with Crippen LogP contribution in [0.15, 0.2) is 0 Å². The van der Waals surface area contributed by atoms with Gasteiger partial charge < -0.3 is 0 Å². The van der Waals surface area contributed by atoms with Crippen molar-refractivity contribution >= 4 is 0 Å². The van der Waals surface area contributed by atoms with Gasteiger partial charge in [0.05, 0.1) is 15.4 Å². The molecule has 0 rings (SSSR count). The minimum Gasteiger partial charge on any atom is -0.255 e. The molecule has 0 radical (unpaired) electrons. The summed E-state index contributed by atoms with van der Waals surface area (Å²) in [4.78, 5) is -0.827. The molecule has 24 nitrogen and oxygen atoms in total. The van der Waals surface area contributed by atoms with E-state index in [0.29, 0.717) is 0 Å². The fraction of sp³-hybridized carbons (Fsp3) is 1.00. The first-order chi connectivity index (χ1) is 14.2. The van der Waals surface area contributed by atoms with E-state index < -0.39 is 4.92 Å². The lowest BCUT2D eigenvalue weighted by Gasteiger charge is -2.44. The van der Waals surface area contributed by atoms with E-state index in [1.54, 1.807) is 42.3 Å². The number of rotatable bonds is 19. The average Bonchev–Trinajstić information content (AvgIpc) is 2.74. The molecule has 0 amide bonds. The number of nitrogens with zero attached hydrogens (tertiary/aromatic N) is 7. The predicted octanol–water partition coefficient (Wildman–Crippen LogP) is -10.1. The molecule has 21 N–H and O–H groups in total. The molecule has 0 saturated heterocycles. The van der Waals surface area contributed by atoms with Crippen molar-refractivity contribution in [2.45, 2.75) is 0 Å². The fourth-order valence-electron chi connectivity index (χ4n) is 1.63. The molecule has 182 valence electrons. The molecule has 0 saturated carbocycles. The smallest absolute Gasteiger partial charge is 0.0833 e. The highest BCUT2D eigenvalue weighted by Gasteiger charge is 2.44. The monoisotopic (exact) mass is 447 g/mol. The van der Waals surface area contributed by atoms with Crippen molar-refractivity contribution in [2.75, 3.05) is 42.3 Å². The van der Waals surface area contributed by atoms with Gasteiger partial charge in [0.25, 0.3) is 0 Å². The first-order valence-corrected chi connectivity index (χ1v) is 8.27. The summed E-state index contributed by atoms with van der Waals surface area (Å²) in [6, 6.07) is 0. The van der Waals surface area contributed by atoms with E-state index >= 15 is 0 Å². The number of nitrogens with one attached hydrogen (secondary N) is 13. The molecule has 24 heteroatoms. The maximum Gasteiger partial charge on any atom is 0.0833 e. The Bertz CT molecular complexity index is 403. The van der Waals surface area contributed by atoms with Gasteiger partial charge in [0.15, 0.2) is 0 Å². The Morgan fingerprint density at radius 3 is 1.87 bits per heavy atom. The van der Waals surface area contributed by atoms with Gasteiger partial charge >= 0.3 is 0 Å². The molecule has 30 heavy (non-hydrogen) atoms. The lowest BCUT2D eigenvalue weighted by Crippen LogP contribution is -2.92. The highest BCUT2D eigenvalue weighted by molar-refractivity contribution is 4.27. The van der Waals surface area contributed by atoms with E-state index in [0.717, 1.165) is 15.7 Å². The van der Waals surface area contributed by atoms with E-state index in [-0.39, 0.29) is 0 Å². The Kier molecular flexibility index (Phi) is 15.3. The second kappa shape index (κ2) is 15.8. The van der Waals surface area contributed by atoms with E-state index in [4.69, 9.17) is 23.4 Å². The van der Waals surface area contributed by atoms with Crippen LogP contribution in [0.3, 0.4) is 0 Å². The maximum absolute atomic E-state index is 6.46. The summed E-state index contributed by atoms with van der Waals surface area (Å²) in [6.07, 6.45) is 0. The third-order valence-corrected chi connectivity index (χ3v) is 3.20. The van der Waals surface area contributed by atoms with Gasteiger partial charge in [0.1, 0.15) is 0 Å². The highest BCUT2D eigenvalue weighted by atomic mass is 16.4. The second-order valence-electron chi connectivity index (χ2n) is 4.98. The van der Waals surface area contributed by atoms with Crippen molar-refractivity contribution in [1.82, 2.24) is 103 Å². The van der Waals surface area contributed by atoms with Crippen molar-refractivity contribution < 1.29 is 4.92 Å². The minimum atomic E-state index is -0.827. The van der Waals surface area contributed by atoms with Gasteiger partial charge in [0, 0.05) is 42.3 Å². The van der Waals surface area contributed by atoms with Gasteiger partial charge in [-0.3, -0.25) is 11.7 Å². The molecular formula is C6H39N24+. The maximum atomic E-state index is 6.46. The van der Waals surface area contributed by atoms with E-state index in [2.05, 4.69) is 71.5 Å². The van der Waals surface area contributed by atoms with Crippen LogP contribution < -0.4 is 94.9 Å². The fourth-order valence-corrected chi connectivity index (χ4v) is 1.63. The lowest BCUT2D eigenvalue weighted by molar-refractivity contribution is -1.20. The predicted molar refractivity (Wildman–Crippen MR) is 104 cm³/mol. The summed E-state index contributed by atoms with van der Waals surface area (Å²) in [6.45, 7) is 0. The van der Waals surface area contributed by atoms with Gasteiger partial charge in [-0.1, -0.05) is 10.5 Å². The topological polar surface area (TPSA) is 280 Å². The molecule has 0 aromatic carbocycles. The lowest BCUT2D eigenvalue weighted by atomic mass is 11.3. The first-order valence-electron chi connectivity index (χ1n) is 8.27. The standard InChI is InChI=1S/C6H39N24/c1-11-23-30(10,28(16-8)21-17-19-24(5)12-2)29(25(6)13-3)22-18-20-26(9)27(14-4)15-7/h11-23H,7-10H2,1-6H3/q+1. The van der Waals surface area contributed by atoms with Gasteiger partial charge in [0.2, 0.25) is 0 Å². The van der Waals surface area contributed by atoms with E-state index in [1.165, 1.54) is 15.5 Å². The molecule has 0 heterocycles. The number of nitrogens with two attached hydrogens (primary N) is 4. The van der Waals surface area contributed by atoms with Crippen LogP contribution in [-0.4, -0.2) is 78.3 Å². The van der Waals surface area contributed by atoms with Gasteiger partial charge in [-0.25, -0.2) is 27.5 Å². The number of hydrazine groups is 19. The zero-order valence-electron chi connectivity index (χ0n) is 17.9. The molecular weight excluding hydrogens is 408 g/mol. The van der Waals surface area contributed by atoms with Crippen molar-refractivity contribution in [3.63, 3.8) is 0 Å². The van der Waals surface area contributed by atoms with Crippen molar-refractivity contribution in [1.29, 1.82) is 0 Å². The van der Waals surface area contributed by atoms with Gasteiger partial charge in [-0.05, 0) is 5.53 Å². The molecule has 0 aromatic heterocycles. The van der Waals surface area contributed by atoms with Crippen LogP contribution in [0.2, 0.25) is 0 Å². The Labute approximate surface area is 174 Å². The molecule has 1 atom stereocenters. The Balaban J connectivity index is 5.32. The van der Waals surface area contributed by atoms with E-state index in [9.17, 15) is 0 Å². The summed E-state index contributed by atoms with van der Waals surface area (Å²) < 4.78 is 0. The number of hydrogen-bond acceptors (Lipinski definition) is 23. The van der Waals surface area contributed by atoms with E-state index in [1.807, 2.05) is 0 Å². The summed E-state index contributed by atoms with van der Waals surface area (Å²) in [7, 11) is 9.89. The van der Waals surface area contributed by atoms with Crippen LogP contribution in [0.5, 0.6) is 0 Å². The third kappa shape index (κ3) is 9.04. The second-order valence-corrected chi connectivity index (χ2v) is 4.98. The molecule has 0 fully saturated rings. The van der Waals surface area contributed by atoms with Crippen LogP contribution in [-0.2, 0) is 0 Å². The van der Waals surface area contributed by atoms with Crippen LogP contribution in [0.1, 0.15) is 0 Å². The summed E-state index contributed by atoms with van der Waals surface area (Å²) in [5.74, 6) is 23.1. The summed E-state index contributed by atoms with van der Waals surface area (Å²) in [5.41, 5.74) is 34.4. The van der Waals surface area contributed by atoms with Gasteiger partial charge in [-0.2, -0.15) is 27.3 Å². The molecule has 0 spiro atoms. The summed E-state index contributed by atoms with van der Waals surface area (Å²) >= 11 is 0. The Morgan fingerprint density at radius 2 is 1.40 bits per heavy atom. The van der Waals surface area contributed by atoms with Crippen LogP contribution in [0.25, 0.3) is 0 Å². The van der Waals surface area contributed by atoms with Crippen molar-refractivity contribution in [3.05, 3.63) is 0 Å². The van der Waals surface area contributed by atoms with Crippen molar-refractivity contribution in [2.24, 2.45) is 23.4 Å². The summed E-state index contributed by atoms with van der Waals surface area (Å²) in [5, 5.41) is 7.35. The highest BCUT2D eigenvalue weighted by Crippen LogP contribution is 2.00. The van der Waals surface area contributed by atoms with Crippen molar-refractivity contribution in [3.8, 4) is 0 Å². The molecule has 0 bridgehead atoms. The SMILES string of the molecule is CNN[N+](N)(N(NN)NNNN(C)NC)N(NNNN(N)N(NC)NN)N(C)NC. The Hall–Kier alpha value is -0.960. The minimum absolute atomic E-state index is 0.827. The quantitative estimate of drug-likeness (QED) is 0.0496. The molecule has 0 aliphatic rings. The van der Waals surface area contributed by atoms with Crippen LogP contribution >= 0.6 is 0 Å². The molecule has 0 aliphatic carbocycles. The number of hydrogen-bond donors (Lipinski definition) is 17. The van der Waals surface area contributed by atoms with Crippen LogP contribution in [0, 0.1) is 0 Å². The van der Waals surface area contributed by atoms with Crippen LogP contribution in [0.4, 0.5) is 0 Å². The zero-order chi connectivity index (χ0) is 23.2.